The van der Waals surface area contributed by atoms with Gasteiger partial charge in [0.15, 0.2) is 0 Å². The van der Waals surface area contributed by atoms with Gasteiger partial charge < -0.3 is 14.8 Å². The molecule has 0 aliphatic carbocycles. The predicted octanol–water partition coefficient (Wildman–Crippen LogP) is 4.42. The largest absolute Gasteiger partial charge is 0.369 e. The molecule has 8 nitrogen and oxygen atoms in total. The fraction of sp³-hybridized carbons (Fsp3) is 0.357. The summed E-state index contributed by atoms with van der Waals surface area (Å²) in [7, 11) is -3.91. The lowest BCUT2D eigenvalue weighted by atomic mass is 9.83. The molecule has 1 amide bonds. The highest BCUT2D eigenvalue weighted by atomic mass is 79.9. The number of amides is 1. The van der Waals surface area contributed by atoms with E-state index in [-0.39, 0.29) is 34.1 Å². The van der Waals surface area contributed by atoms with Crippen LogP contribution in [0.25, 0.3) is 0 Å². The summed E-state index contributed by atoms with van der Waals surface area (Å²) < 4.78 is 32.1. The number of halogens is 1. The number of anilines is 2. The smallest absolute Gasteiger partial charge is 0.261 e. The van der Waals surface area contributed by atoms with Crippen molar-refractivity contribution in [3.05, 3.63) is 86.7 Å². The third-order valence-electron chi connectivity index (χ3n) is 7.12. The fourth-order valence-corrected chi connectivity index (χ4v) is 6.67. The number of carbonyl (C=O) groups is 1. The number of benzene rings is 2. The molecule has 2 atom stereocenters. The van der Waals surface area contributed by atoms with Crippen LogP contribution in [0.15, 0.2) is 74.8 Å². The zero-order valence-electron chi connectivity index (χ0n) is 21.4. The Bertz CT molecular complexity index is 1520. The molecule has 2 aliphatic heterocycles. The number of sulfonamides is 1. The number of nitrogens with zero attached hydrogens (tertiary/aromatic N) is 2. The van der Waals surface area contributed by atoms with Gasteiger partial charge in [-0.25, -0.2) is 8.42 Å². The standard InChI is InChI=1S/C28H31BrN4O4S/c1-18(2)14-30-28(35)20-6-11-26(24(13-20)31-38(36,37)23-9-7-22(29)8-10-23)32-15-19-12-21(17-32)25-4-3-5-27(34)33(25)16-19/h3-11,13,18-19,21,31H,12,14-17H2,1-2H3,(H,30,35)/t19-,21+/m1/s1. The minimum Gasteiger partial charge on any atom is -0.369 e. The molecule has 2 aliphatic rings. The number of hydrogen-bond donors (Lipinski definition) is 2. The minimum absolute atomic E-state index is 0.0189. The number of hydrogen-bond acceptors (Lipinski definition) is 5. The van der Waals surface area contributed by atoms with Crippen LogP contribution in [-0.2, 0) is 16.6 Å². The number of aromatic nitrogens is 1. The van der Waals surface area contributed by atoms with Crippen LogP contribution in [0.1, 0.15) is 42.2 Å². The van der Waals surface area contributed by atoms with E-state index in [1.54, 1.807) is 36.4 Å². The van der Waals surface area contributed by atoms with Crippen molar-refractivity contribution >= 4 is 43.2 Å². The van der Waals surface area contributed by atoms with Gasteiger partial charge in [0.1, 0.15) is 0 Å². The Morgan fingerprint density at radius 1 is 1.05 bits per heavy atom. The van der Waals surface area contributed by atoms with Crippen molar-refractivity contribution in [2.24, 2.45) is 11.8 Å². The molecule has 10 heteroatoms. The fourth-order valence-electron chi connectivity index (χ4n) is 5.34. The van der Waals surface area contributed by atoms with E-state index in [9.17, 15) is 18.0 Å². The number of piperidine rings is 1. The lowest BCUT2D eigenvalue weighted by Crippen LogP contribution is -2.47. The van der Waals surface area contributed by atoms with Crippen molar-refractivity contribution in [1.29, 1.82) is 0 Å². The third-order valence-corrected chi connectivity index (χ3v) is 9.03. The van der Waals surface area contributed by atoms with E-state index in [4.69, 9.17) is 0 Å². The van der Waals surface area contributed by atoms with E-state index >= 15 is 0 Å². The van der Waals surface area contributed by atoms with Crippen LogP contribution in [0.4, 0.5) is 11.4 Å². The summed E-state index contributed by atoms with van der Waals surface area (Å²) in [6.45, 7) is 6.52. The summed E-state index contributed by atoms with van der Waals surface area (Å²) in [4.78, 5) is 27.6. The van der Waals surface area contributed by atoms with Crippen LogP contribution in [0, 0.1) is 11.8 Å². The zero-order chi connectivity index (χ0) is 27.0. The van der Waals surface area contributed by atoms with Crippen molar-refractivity contribution in [3.63, 3.8) is 0 Å². The maximum absolute atomic E-state index is 13.4. The van der Waals surface area contributed by atoms with Gasteiger partial charge >= 0.3 is 0 Å². The number of rotatable bonds is 7. The molecule has 1 fully saturated rings. The Labute approximate surface area is 231 Å². The van der Waals surface area contributed by atoms with Gasteiger partial charge in [0, 0.05) is 53.9 Å². The van der Waals surface area contributed by atoms with Gasteiger partial charge in [-0.3, -0.25) is 14.3 Å². The van der Waals surface area contributed by atoms with Crippen molar-refractivity contribution in [1.82, 2.24) is 9.88 Å². The summed E-state index contributed by atoms with van der Waals surface area (Å²) in [5.41, 5.74) is 2.49. The Kier molecular flexibility index (Phi) is 7.37. The van der Waals surface area contributed by atoms with Gasteiger partial charge in [0.25, 0.3) is 21.5 Å². The molecule has 5 rings (SSSR count). The second-order valence-corrected chi connectivity index (χ2v) is 13.1. The van der Waals surface area contributed by atoms with E-state index in [0.29, 0.717) is 43.1 Å². The van der Waals surface area contributed by atoms with Gasteiger partial charge in [-0.05, 0) is 66.8 Å². The van der Waals surface area contributed by atoms with Crippen LogP contribution in [0.5, 0.6) is 0 Å². The highest BCUT2D eigenvalue weighted by molar-refractivity contribution is 9.10. The highest BCUT2D eigenvalue weighted by Gasteiger charge is 2.35. The van der Waals surface area contributed by atoms with Crippen molar-refractivity contribution < 1.29 is 13.2 Å². The second-order valence-electron chi connectivity index (χ2n) is 10.5. The summed E-state index contributed by atoms with van der Waals surface area (Å²) >= 11 is 3.34. The molecule has 2 aromatic carbocycles. The second kappa shape index (κ2) is 10.6. The zero-order valence-corrected chi connectivity index (χ0v) is 23.8. The Balaban J connectivity index is 1.50. The minimum atomic E-state index is -3.91. The first-order valence-corrected chi connectivity index (χ1v) is 15.0. The van der Waals surface area contributed by atoms with Crippen LogP contribution < -0.4 is 20.5 Å². The quantitative estimate of drug-likeness (QED) is 0.419. The number of carbonyl (C=O) groups excluding carboxylic acids is 1. The summed E-state index contributed by atoms with van der Waals surface area (Å²) in [5.74, 6) is 0.447. The van der Waals surface area contributed by atoms with Gasteiger partial charge in [-0.15, -0.1) is 0 Å². The summed E-state index contributed by atoms with van der Waals surface area (Å²) in [6.07, 6.45) is 0.982. The Morgan fingerprint density at radius 2 is 1.82 bits per heavy atom. The first kappa shape index (κ1) is 26.5. The first-order valence-electron chi connectivity index (χ1n) is 12.8. The number of nitrogens with one attached hydrogen (secondary N) is 2. The average molecular weight is 600 g/mol. The van der Waals surface area contributed by atoms with Gasteiger partial charge in [0.05, 0.1) is 16.3 Å². The molecule has 0 spiro atoms. The van der Waals surface area contributed by atoms with Gasteiger partial charge in [-0.1, -0.05) is 35.8 Å². The van der Waals surface area contributed by atoms with E-state index in [2.05, 4.69) is 30.9 Å². The molecule has 1 saturated heterocycles. The first-order chi connectivity index (χ1) is 18.1. The maximum atomic E-state index is 13.4. The van der Waals surface area contributed by atoms with Crippen LogP contribution >= 0.6 is 15.9 Å². The molecular weight excluding hydrogens is 568 g/mol. The van der Waals surface area contributed by atoms with Crippen LogP contribution in [-0.4, -0.2) is 38.5 Å². The Morgan fingerprint density at radius 3 is 2.55 bits per heavy atom. The predicted molar refractivity (Wildman–Crippen MR) is 152 cm³/mol. The normalized spacial score (nSPS) is 18.7. The summed E-state index contributed by atoms with van der Waals surface area (Å²) in [6, 6.07) is 17.0. The molecule has 2 N–H and O–H groups in total. The van der Waals surface area contributed by atoms with Gasteiger partial charge in [0.2, 0.25) is 0 Å². The van der Waals surface area contributed by atoms with Crippen LogP contribution in [0.2, 0.25) is 0 Å². The van der Waals surface area contributed by atoms with E-state index < -0.39 is 10.0 Å². The molecule has 3 heterocycles. The van der Waals surface area contributed by atoms with Crippen LogP contribution in [0.3, 0.4) is 0 Å². The summed E-state index contributed by atoms with van der Waals surface area (Å²) in [5, 5.41) is 2.91. The molecule has 38 heavy (non-hydrogen) atoms. The van der Waals surface area contributed by atoms with E-state index in [1.165, 1.54) is 12.1 Å². The molecule has 0 saturated carbocycles. The SMILES string of the molecule is CC(C)CNC(=O)c1ccc(N2C[C@H]3C[C@@H](C2)c2cccc(=O)n2C3)c(NS(=O)(=O)c2ccc(Br)cc2)c1. The van der Waals surface area contributed by atoms with E-state index in [0.717, 1.165) is 16.6 Å². The van der Waals surface area contributed by atoms with E-state index in [1.807, 2.05) is 30.5 Å². The topological polar surface area (TPSA) is 101 Å². The number of pyridine rings is 1. The van der Waals surface area contributed by atoms with Gasteiger partial charge in [-0.2, -0.15) is 0 Å². The van der Waals surface area contributed by atoms with Crippen molar-refractivity contribution in [2.45, 2.75) is 37.6 Å². The molecule has 1 aromatic heterocycles. The third kappa shape index (κ3) is 5.51. The molecule has 0 radical (unpaired) electrons. The maximum Gasteiger partial charge on any atom is 0.261 e. The molecule has 0 unspecified atom stereocenters. The van der Waals surface area contributed by atoms with Crippen molar-refractivity contribution in [2.75, 3.05) is 29.3 Å². The Hall–Kier alpha value is -3.11. The number of fused-ring (bicyclic) bond motifs is 4. The molecule has 2 bridgehead atoms. The lowest BCUT2D eigenvalue weighted by Gasteiger charge is -2.44. The molecule has 3 aromatic rings. The molecular formula is C28H31BrN4O4S. The molecule has 200 valence electrons. The highest BCUT2D eigenvalue weighted by Crippen LogP contribution is 2.39. The van der Waals surface area contributed by atoms with Crippen molar-refractivity contribution in [3.8, 4) is 0 Å². The monoisotopic (exact) mass is 598 g/mol. The average Bonchev–Trinajstić information content (AvgIpc) is 2.88. The lowest BCUT2D eigenvalue weighted by molar-refractivity contribution is 0.0949.